The van der Waals surface area contributed by atoms with E-state index in [-0.39, 0.29) is 12.3 Å². The zero-order valence-electron chi connectivity index (χ0n) is 9.41. The van der Waals surface area contributed by atoms with Crippen LogP contribution in [-0.2, 0) is 4.79 Å². The summed E-state index contributed by atoms with van der Waals surface area (Å²) >= 11 is 13.1. The van der Waals surface area contributed by atoms with E-state index in [0.717, 1.165) is 10.9 Å². The average molecular weight is 302 g/mol. The van der Waals surface area contributed by atoms with Crippen molar-refractivity contribution in [3.63, 3.8) is 0 Å². The Labute approximate surface area is 118 Å². The summed E-state index contributed by atoms with van der Waals surface area (Å²) in [7, 11) is 0. The molecule has 0 aliphatic carbocycles. The molecule has 1 aromatic rings. The summed E-state index contributed by atoms with van der Waals surface area (Å²) in [5.41, 5.74) is 0.807. The summed E-state index contributed by atoms with van der Waals surface area (Å²) in [5, 5.41) is 5.38. The monoisotopic (exact) mass is 301 g/mol. The molecule has 7 heteroatoms. The van der Waals surface area contributed by atoms with Gasteiger partial charge in [-0.15, -0.1) is 0 Å². The van der Waals surface area contributed by atoms with Crippen LogP contribution in [0.25, 0.3) is 0 Å². The van der Waals surface area contributed by atoms with Crippen molar-refractivity contribution in [1.82, 2.24) is 0 Å². The molecule has 0 saturated carbocycles. The summed E-state index contributed by atoms with van der Waals surface area (Å²) in [6, 6.07) is 5.24. The van der Waals surface area contributed by atoms with Crippen LogP contribution in [0.2, 0.25) is 10.0 Å². The first kappa shape index (κ1) is 13.4. The Bertz CT molecular complexity index is 557. The van der Waals surface area contributed by atoms with Crippen LogP contribution < -0.4 is 5.32 Å². The number of ketones is 1. The molecule has 0 fully saturated rings. The molecule has 94 valence electrons. The Morgan fingerprint density at radius 3 is 2.78 bits per heavy atom. The van der Waals surface area contributed by atoms with Gasteiger partial charge in [0.2, 0.25) is 0 Å². The van der Waals surface area contributed by atoms with Crippen molar-refractivity contribution in [2.45, 2.75) is 6.92 Å². The molecule has 1 aliphatic heterocycles. The molecule has 0 unspecified atom stereocenters. The second-order valence-electron chi connectivity index (χ2n) is 3.57. The molecule has 1 N–H and O–H groups in total. The molecule has 0 amide bonds. The number of carbonyl (C=O) groups is 1. The second-order valence-corrected chi connectivity index (χ2v) is 5.34. The third-order valence-corrected chi connectivity index (χ3v) is 3.52. The van der Waals surface area contributed by atoms with Crippen LogP contribution in [0.5, 0.6) is 0 Å². The highest BCUT2D eigenvalue weighted by atomic mass is 35.5. The Hall–Kier alpha value is -1.04. The summed E-state index contributed by atoms with van der Waals surface area (Å²) in [4.78, 5) is 18.9. The molecule has 1 heterocycles. The number of nitrogens with one attached hydrogen (secondary N) is 1. The van der Waals surface area contributed by atoms with Crippen molar-refractivity contribution < 1.29 is 4.79 Å². The van der Waals surface area contributed by atoms with E-state index in [0.29, 0.717) is 15.2 Å². The maximum absolute atomic E-state index is 10.7. The van der Waals surface area contributed by atoms with Crippen molar-refractivity contribution in [3.8, 4) is 0 Å². The minimum atomic E-state index is 0.0178. The van der Waals surface area contributed by atoms with Crippen LogP contribution in [0, 0.1) is 0 Å². The van der Waals surface area contributed by atoms with E-state index < -0.39 is 0 Å². The summed E-state index contributed by atoms with van der Waals surface area (Å²) < 4.78 is 0. The smallest absolute Gasteiger partial charge is 0.193 e. The van der Waals surface area contributed by atoms with Gasteiger partial charge in [-0.1, -0.05) is 23.2 Å². The second kappa shape index (κ2) is 5.73. The molecule has 0 saturated heterocycles. The Morgan fingerprint density at radius 2 is 2.17 bits per heavy atom. The molecule has 0 atom stereocenters. The van der Waals surface area contributed by atoms with Gasteiger partial charge in [0.25, 0.3) is 0 Å². The lowest BCUT2D eigenvalue weighted by Gasteiger charge is -2.16. The van der Waals surface area contributed by atoms with E-state index >= 15 is 0 Å². The number of halogens is 2. The minimum Gasteiger partial charge on any atom is -0.334 e. The highest BCUT2D eigenvalue weighted by Gasteiger charge is 2.17. The van der Waals surface area contributed by atoms with Gasteiger partial charge in [0.05, 0.1) is 10.0 Å². The summed E-state index contributed by atoms with van der Waals surface area (Å²) in [5.74, 6) is 0.0178. The fraction of sp³-hybridized carbons (Fsp3) is 0.182. The van der Waals surface area contributed by atoms with Gasteiger partial charge < -0.3 is 5.32 Å². The first-order valence-electron chi connectivity index (χ1n) is 5.07. The number of carbonyl (C=O) groups excluding carboxylic acids is 1. The standard InChI is InChI=1S/C11H9Cl2N3OS/c1-6(17)5-14-10-16-11(18-10)15-7-2-3-8(12)9(13)4-7/h2-4H,5H2,1H3,(H,14,15,16). The number of amidine groups is 2. The highest BCUT2D eigenvalue weighted by molar-refractivity contribution is 8.29. The summed E-state index contributed by atoms with van der Waals surface area (Å²) in [6.07, 6.45) is 0. The predicted octanol–water partition coefficient (Wildman–Crippen LogP) is 3.45. The Kier molecular flexibility index (Phi) is 4.27. The predicted molar refractivity (Wildman–Crippen MR) is 78.1 cm³/mol. The van der Waals surface area contributed by atoms with Crippen molar-refractivity contribution in [1.29, 1.82) is 0 Å². The Balaban J connectivity index is 1.96. The number of rotatable bonds is 3. The molecule has 18 heavy (non-hydrogen) atoms. The lowest BCUT2D eigenvalue weighted by atomic mass is 10.3. The lowest BCUT2D eigenvalue weighted by molar-refractivity contribution is -0.115. The van der Waals surface area contributed by atoms with E-state index in [2.05, 4.69) is 15.3 Å². The third kappa shape index (κ3) is 3.48. The van der Waals surface area contributed by atoms with Gasteiger partial charge in [-0.25, -0.2) is 0 Å². The number of benzene rings is 1. The van der Waals surface area contributed by atoms with Crippen LogP contribution >= 0.6 is 35.0 Å². The summed E-state index contributed by atoms with van der Waals surface area (Å²) in [6.45, 7) is 1.66. The number of aliphatic imine (C=N–C) groups is 2. The van der Waals surface area contributed by atoms with Gasteiger partial charge in [0.15, 0.2) is 16.1 Å². The van der Waals surface area contributed by atoms with Crippen LogP contribution in [0.4, 0.5) is 5.69 Å². The molecule has 4 nitrogen and oxygen atoms in total. The van der Waals surface area contributed by atoms with E-state index in [1.165, 1.54) is 18.7 Å². The van der Waals surface area contributed by atoms with Crippen LogP contribution in [0.15, 0.2) is 28.2 Å². The number of thioether (sulfide) groups is 1. The molecule has 1 aliphatic rings. The van der Waals surface area contributed by atoms with Crippen LogP contribution in [0.3, 0.4) is 0 Å². The van der Waals surface area contributed by atoms with Gasteiger partial charge in [-0.05, 0) is 36.9 Å². The first-order chi connectivity index (χ1) is 8.54. The Morgan fingerprint density at radius 1 is 1.44 bits per heavy atom. The molecule has 1 aromatic carbocycles. The van der Waals surface area contributed by atoms with E-state index in [1.54, 1.807) is 12.1 Å². The van der Waals surface area contributed by atoms with Gasteiger partial charge in [0.1, 0.15) is 6.54 Å². The van der Waals surface area contributed by atoms with Gasteiger partial charge in [-0.2, -0.15) is 4.99 Å². The van der Waals surface area contributed by atoms with Crippen molar-refractivity contribution in [3.05, 3.63) is 28.2 Å². The normalized spacial score (nSPS) is 16.2. The minimum absolute atomic E-state index is 0.0178. The number of hydrogen-bond acceptors (Lipinski definition) is 4. The zero-order chi connectivity index (χ0) is 13.1. The van der Waals surface area contributed by atoms with E-state index in [1.807, 2.05) is 6.07 Å². The number of hydrogen-bond donors (Lipinski definition) is 1. The maximum atomic E-state index is 10.7. The molecule has 0 aromatic heterocycles. The average Bonchev–Trinajstić information content (AvgIpc) is 2.26. The SMILES string of the molecule is CC(=O)CN=C1N=C(Nc2ccc(Cl)c(Cl)c2)S1. The topological polar surface area (TPSA) is 53.8 Å². The zero-order valence-corrected chi connectivity index (χ0v) is 11.7. The van der Waals surface area contributed by atoms with E-state index in [9.17, 15) is 4.79 Å². The first-order valence-corrected chi connectivity index (χ1v) is 6.64. The molecule has 0 spiro atoms. The molecule has 0 radical (unpaired) electrons. The molecular weight excluding hydrogens is 293 g/mol. The number of Topliss-reactive ketones (excluding diaryl/α,β-unsaturated/α-hetero) is 1. The van der Waals surface area contributed by atoms with Crippen molar-refractivity contribution in [2.24, 2.45) is 9.98 Å². The number of nitrogens with zero attached hydrogens (tertiary/aromatic N) is 2. The molecule has 0 bridgehead atoms. The third-order valence-electron chi connectivity index (χ3n) is 1.99. The van der Waals surface area contributed by atoms with Crippen LogP contribution in [0.1, 0.15) is 6.92 Å². The highest BCUT2D eigenvalue weighted by Crippen LogP contribution is 2.27. The van der Waals surface area contributed by atoms with Crippen molar-refractivity contribution >= 4 is 56.8 Å². The van der Waals surface area contributed by atoms with E-state index in [4.69, 9.17) is 23.2 Å². The van der Waals surface area contributed by atoms with Gasteiger partial charge in [0, 0.05) is 5.69 Å². The molecular formula is C11H9Cl2N3OS. The van der Waals surface area contributed by atoms with Crippen molar-refractivity contribution in [2.75, 3.05) is 11.9 Å². The fourth-order valence-electron chi connectivity index (χ4n) is 1.18. The maximum Gasteiger partial charge on any atom is 0.193 e. The lowest BCUT2D eigenvalue weighted by Crippen LogP contribution is -2.20. The quantitative estimate of drug-likeness (QED) is 0.930. The number of anilines is 1. The van der Waals surface area contributed by atoms with Crippen LogP contribution in [-0.4, -0.2) is 22.7 Å². The van der Waals surface area contributed by atoms with Gasteiger partial charge in [-0.3, -0.25) is 9.79 Å². The fourth-order valence-corrected chi connectivity index (χ4v) is 2.08. The van der Waals surface area contributed by atoms with Gasteiger partial charge >= 0.3 is 0 Å². The largest absolute Gasteiger partial charge is 0.334 e. The molecule has 2 rings (SSSR count).